The molecule has 0 fully saturated rings. The standard InChI is InChI=1S/2C5H5.2C3H3N2.2ClH.2Zr/c2*1-2-4-5-3-1;2*1-2-5-3-4-1;;;;/h2*1-3H,4H2;2*1-2H,(H,4,5);2*1H;;/q4*-1;;;2*+2/p-2. The summed E-state index contributed by atoms with van der Waals surface area (Å²) in [7, 11) is 0. The van der Waals surface area contributed by atoms with E-state index in [4.69, 9.17) is 0 Å². The molecule has 0 bridgehead atoms. The summed E-state index contributed by atoms with van der Waals surface area (Å²) >= 11 is 0. The summed E-state index contributed by atoms with van der Waals surface area (Å²) in [5.41, 5.74) is 0. The van der Waals surface area contributed by atoms with Crippen molar-refractivity contribution in [3.63, 3.8) is 0 Å². The Kier molecular flexibility index (Phi) is 36.2. The van der Waals surface area contributed by atoms with E-state index >= 15 is 0 Å². The minimum absolute atomic E-state index is 0. The molecule has 24 heavy (non-hydrogen) atoms. The SMILES string of the molecule is [C-]1=CC=CC1.[C-]1=CC=CC1.[Cl-].[Cl-].[Zr+2].[Zr+2].[c-]1ncc[nH]1.[c-]1ncc[nH]1. The van der Waals surface area contributed by atoms with E-state index in [-0.39, 0.29) is 77.2 Å². The van der Waals surface area contributed by atoms with E-state index in [1.807, 2.05) is 24.3 Å². The van der Waals surface area contributed by atoms with Gasteiger partial charge < -0.3 is 44.7 Å². The quantitative estimate of drug-likeness (QED) is 0.367. The molecule has 2 aromatic rings. The zero-order chi connectivity index (χ0) is 14.1. The number of nitrogens with one attached hydrogen (secondary N) is 2. The van der Waals surface area contributed by atoms with Gasteiger partial charge in [-0.1, -0.05) is 0 Å². The predicted molar refractivity (Wildman–Crippen MR) is 78.0 cm³/mol. The van der Waals surface area contributed by atoms with Gasteiger partial charge in [-0.15, -0.1) is 37.6 Å². The molecule has 0 unspecified atom stereocenters. The van der Waals surface area contributed by atoms with Crippen LogP contribution >= 0.6 is 0 Å². The average molecular weight is 518 g/mol. The van der Waals surface area contributed by atoms with Crippen molar-refractivity contribution in [1.29, 1.82) is 0 Å². The van der Waals surface area contributed by atoms with Gasteiger partial charge >= 0.3 is 52.4 Å². The van der Waals surface area contributed by atoms with Crippen molar-refractivity contribution in [2.75, 3.05) is 0 Å². The smallest absolute Gasteiger partial charge is 1.00 e. The van der Waals surface area contributed by atoms with E-state index in [0.29, 0.717) is 0 Å². The largest absolute Gasteiger partial charge is 2.00 e. The number of allylic oxidation sites excluding steroid dienone is 8. The van der Waals surface area contributed by atoms with Gasteiger partial charge in [0.25, 0.3) is 0 Å². The molecule has 124 valence electrons. The van der Waals surface area contributed by atoms with E-state index in [1.54, 1.807) is 24.8 Å². The number of H-pyrrole nitrogens is 2. The zero-order valence-corrected chi connectivity index (χ0v) is 19.3. The fraction of sp³-hybridized carbons (Fsp3) is 0.125. The molecule has 2 aliphatic carbocycles. The number of hydrogen-bond donors (Lipinski definition) is 2. The Morgan fingerprint density at radius 2 is 1.12 bits per heavy atom. The summed E-state index contributed by atoms with van der Waals surface area (Å²) in [6.45, 7) is 0. The maximum absolute atomic E-state index is 3.54. The molecule has 2 N–H and O–H groups in total. The zero-order valence-electron chi connectivity index (χ0n) is 12.8. The second kappa shape index (κ2) is 27.6. The van der Waals surface area contributed by atoms with Crippen molar-refractivity contribution in [2.24, 2.45) is 0 Å². The maximum atomic E-state index is 3.54. The molecule has 0 saturated carbocycles. The molecule has 0 spiro atoms. The van der Waals surface area contributed by atoms with Crippen molar-refractivity contribution >= 4 is 0 Å². The van der Waals surface area contributed by atoms with Crippen LogP contribution in [0.4, 0.5) is 0 Å². The van der Waals surface area contributed by atoms with Crippen LogP contribution < -0.4 is 24.8 Å². The van der Waals surface area contributed by atoms with Crippen LogP contribution in [0, 0.1) is 24.8 Å². The van der Waals surface area contributed by atoms with Crippen LogP contribution in [0.2, 0.25) is 0 Å². The summed E-state index contributed by atoms with van der Waals surface area (Å²) in [6.07, 6.45) is 31.7. The van der Waals surface area contributed by atoms with E-state index in [9.17, 15) is 0 Å². The molecule has 0 saturated heterocycles. The summed E-state index contributed by atoms with van der Waals surface area (Å²) in [5.74, 6) is 0. The van der Waals surface area contributed by atoms with Gasteiger partial charge in [-0.3, -0.25) is 12.2 Å². The Hall–Kier alpha value is -0.274. The summed E-state index contributed by atoms with van der Waals surface area (Å²) < 4.78 is 0. The van der Waals surface area contributed by atoms with Gasteiger partial charge in [0.2, 0.25) is 0 Å². The van der Waals surface area contributed by atoms with Crippen molar-refractivity contribution in [3.8, 4) is 0 Å². The van der Waals surface area contributed by atoms with E-state index in [0.717, 1.165) is 12.8 Å². The second-order valence-electron chi connectivity index (χ2n) is 3.41. The molecule has 2 heterocycles. The summed E-state index contributed by atoms with van der Waals surface area (Å²) in [6, 6.07) is 0. The van der Waals surface area contributed by atoms with Crippen LogP contribution in [0.25, 0.3) is 0 Å². The monoisotopic (exact) mass is 514 g/mol. The van der Waals surface area contributed by atoms with Crippen molar-refractivity contribution < 1.29 is 77.2 Å². The van der Waals surface area contributed by atoms with Gasteiger partial charge in [0.1, 0.15) is 0 Å². The van der Waals surface area contributed by atoms with Crippen LogP contribution in [0.1, 0.15) is 12.8 Å². The first-order valence-corrected chi connectivity index (χ1v) is 6.14. The minimum atomic E-state index is 0. The van der Waals surface area contributed by atoms with Crippen LogP contribution in [-0.4, -0.2) is 19.9 Å². The minimum Gasteiger partial charge on any atom is -1.00 e. The first kappa shape index (κ1) is 31.5. The topological polar surface area (TPSA) is 57.4 Å². The molecule has 0 atom stereocenters. The first-order valence-electron chi connectivity index (χ1n) is 6.14. The van der Waals surface area contributed by atoms with Crippen LogP contribution in [0.5, 0.6) is 0 Å². The fourth-order valence-corrected chi connectivity index (χ4v) is 1.05. The Bertz CT molecular complexity index is 407. The van der Waals surface area contributed by atoms with Gasteiger partial charge in [-0.05, 0) is 12.7 Å². The fourth-order valence-electron chi connectivity index (χ4n) is 1.05. The molecule has 0 amide bonds. The Morgan fingerprint density at radius 1 is 0.708 bits per heavy atom. The van der Waals surface area contributed by atoms with E-state index < -0.39 is 0 Å². The van der Waals surface area contributed by atoms with Gasteiger partial charge in [0.05, 0.1) is 0 Å². The normalized spacial score (nSPS) is 10.7. The molecular weight excluding hydrogens is 502 g/mol. The van der Waals surface area contributed by atoms with Crippen LogP contribution in [-0.2, 0) is 52.4 Å². The molecule has 2 aliphatic rings. The predicted octanol–water partition coefficient (Wildman–Crippen LogP) is -2.97. The molecule has 0 aromatic carbocycles. The third kappa shape index (κ3) is 24.0. The third-order valence-electron chi connectivity index (χ3n) is 1.89. The molecule has 0 radical (unpaired) electrons. The van der Waals surface area contributed by atoms with Gasteiger partial charge in [0, 0.05) is 0 Å². The summed E-state index contributed by atoms with van der Waals surface area (Å²) in [5, 5.41) is 0. The number of aromatic nitrogens is 4. The molecule has 4 rings (SSSR count). The van der Waals surface area contributed by atoms with Crippen LogP contribution in [0.15, 0.2) is 61.2 Å². The Morgan fingerprint density at radius 3 is 1.21 bits per heavy atom. The number of halogens is 2. The van der Waals surface area contributed by atoms with Gasteiger partial charge in [-0.25, -0.2) is 24.3 Å². The summed E-state index contributed by atoms with van der Waals surface area (Å²) in [4.78, 5) is 12.3. The molecule has 0 aliphatic heterocycles. The first-order chi connectivity index (χ1) is 10.0. The number of nitrogens with zero attached hydrogens (tertiary/aromatic N) is 2. The number of hydrogen-bond acceptors (Lipinski definition) is 2. The molecular formula is C16H16Cl2N4Zr2-2. The molecule has 2 aromatic heterocycles. The Balaban J connectivity index is -0.000000105. The number of rotatable bonds is 0. The maximum Gasteiger partial charge on any atom is 2.00 e. The average Bonchev–Trinajstić information content (AvgIpc) is 3.40. The number of aromatic amines is 2. The van der Waals surface area contributed by atoms with E-state index in [2.05, 4.69) is 56.9 Å². The third-order valence-corrected chi connectivity index (χ3v) is 1.89. The van der Waals surface area contributed by atoms with Crippen molar-refractivity contribution in [2.45, 2.75) is 12.8 Å². The van der Waals surface area contributed by atoms with Crippen molar-refractivity contribution in [3.05, 3.63) is 86.1 Å². The number of imidazole rings is 2. The van der Waals surface area contributed by atoms with Crippen LogP contribution in [0.3, 0.4) is 0 Å². The van der Waals surface area contributed by atoms with Gasteiger partial charge in [0.15, 0.2) is 0 Å². The Labute approximate surface area is 194 Å². The van der Waals surface area contributed by atoms with Gasteiger partial charge in [-0.2, -0.15) is 12.2 Å². The van der Waals surface area contributed by atoms with Crippen molar-refractivity contribution in [1.82, 2.24) is 19.9 Å². The second-order valence-corrected chi connectivity index (χ2v) is 3.41. The molecule has 8 heteroatoms. The van der Waals surface area contributed by atoms with E-state index in [1.165, 1.54) is 0 Å². The molecule has 4 nitrogen and oxygen atoms in total.